The fourth-order valence-electron chi connectivity index (χ4n) is 2.13. The van der Waals surface area contributed by atoms with Crippen LogP contribution in [0.15, 0.2) is 41.1 Å². The first kappa shape index (κ1) is 13.1. The standard InChI is InChI=1S/C15H15BrN4/c1-10-12(16)4-6-15(19-10)17-8-11-3-5-14-13(7-11)18-9-20(14)2/h3-7,9H,8H2,1-2H3,(H,17,19). The second-order valence-electron chi connectivity index (χ2n) is 4.80. The number of nitrogens with zero attached hydrogens (tertiary/aromatic N) is 3. The zero-order valence-electron chi connectivity index (χ0n) is 11.4. The van der Waals surface area contributed by atoms with Crippen LogP contribution in [0.25, 0.3) is 11.0 Å². The molecule has 20 heavy (non-hydrogen) atoms. The minimum absolute atomic E-state index is 0.737. The fourth-order valence-corrected chi connectivity index (χ4v) is 2.35. The zero-order valence-corrected chi connectivity index (χ0v) is 13.0. The van der Waals surface area contributed by atoms with Crippen LogP contribution in [-0.2, 0) is 13.6 Å². The summed E-state index contributed by atoms with van der Waals surface area (Å²) in [6, 6.07) is 10.3. The second-order valence-corrected chi connectivity index (χ2v) is 5.65. The first-order valence-electron chi connectivity index (χ1n) is 6.40. The molecule has 2 heterocycles. The Labute approximate surface area is 126 Å². The number of benzene rings is 1. The topological polar surface area (TPSA) is 42.7 Å². The maximum absolute atomic E-state index is 4.48. The molecule has 0 amide bonds. The molecule has 0 aliphatic carbocycles. The lowest BCUT2D eigenvalue weighted by Crippen LogP contribution is -2.02. The van der Waals surface area contributed by atoms with Gasteiger partial charge in [0.05, 0.1) is 23.1 Å². The van der Waals surface area contributed by atoms with E-state index in [0.717, 1.165) is 33.6 Å². The Morgan fingerprint density at radius 2 is 2.10 bits per heavy atom. The van der Waals surface area contributed by atoms with Gasteiger partial charge in [0, 0.05) is 18.1 Å². The van der Waals surface area contributed by atoms with Crippen molar-refractivity contribution in [3.63, 3.8) is 0 Å². The minimum atomic E-state index is 0.737. The van der Waals surface area contributed by atoms with Crippen LogP contribution < -0.4 is 5.32 Å². The summed E-state index contributed by atoms with van der Waals surface area (Å²) in [5.41, 5.74) is 4.34. The van der Waals surface area contributed by atoms with E-state index in [4.69, 9.17) is 0 Å². The van der Waals surface area contributed by atoms with Gasteiger partial charge in [0.25, 0.3) is 0 Å². The molecule has 1 N–H and O–H groups in total. The van der Waals surface area contributed by atoms with E-state index >= 15 is 0 Å². The van der Waals surface area contributed by atoms with Crippen molar-refractivity contribution in [2.75, 3.05) is 5.32 Å². The molecule has 0 radical (unpaired) electrons. The quantitative estimate of drug-likeness (QED) is 0.797. The Morgan fingerprint density at radius 3 is 2.90 bits per heavy atom. The van der Waals surface area contributed by atoms with E-state index in [1.54, 1.807) is 0 Å². The highest BCUT2D eigenvalue weighted by atomic mass is 79.9. The summed E-state index contributed by atoms with van der Waals surface area (Å²) in [7, 11) is 2.00. The van der Waals surface area contributed by atoms with E-state index in [-0.39, 0.29) is 0 Å². The molecule has 0 saturated carbocycles. The summed E-state index contributed by atoms with van der Waals surface area (Å²) < 4.78 is 3.05. The van der Waals surface area contributed by atoms with Gasteiger partial charge >= 0.3 is 0 Å². The summed E-state index contributed by atoms with van der Waals surface area (Å²) >= 11 is 3.45. The molecule has 4 nitrogen and oxygen atoms in total. The first-order chi connectivity index (χ1) is 9.63. The van der Waals surface area contributed by atoms with Crippen LogP contribution in [0.3, 0.4) is 0 Å². The molecule has 102 valence electrons. The van der Waals surface area contributed by atoms with Gasteiger partial charge in [-0.2, -0.15) is 0 Å². The molecule has 0 spiro atoms. The lowest BCUT2D eigenvalue weighted by Gasteiger charge is -2.07. The van der Waals surface area contributed by atoms with Crippen LogP contribution >= 0.6 is 15.9 Å². The lowest BCUT2D eigenvalue weighted by molar-refractivity contribution is 0.947. The van der Waals surface area contributed by atoms with Gasteiger partial charge in [-0.05, 0) is 52.7 Å². The Kier molecular flexibility index (Phi) is 3.44. The summed E-state index contributed by atoms with van der Waals surface area (Å²) in [5, 5.41) is 3.33. The van der Waals surface area contributed by atoms with Crippen molar-refractivity contribution in [3.05, 3.63) is 52.4 Å². The molecule has 0 bridgehead atoms. The molecule has 1 aromatic carbocycles. The first-order valence-corrected chi connectivity index (χ1v) is 7.20. The predicted octanol–water partition coefficient (Wildman–Crippen LogP) is 3.65. The molecule has 0 aliphatic heterocycles. The molecule has 0 atom stereocenters. The molecule has 3 rings (SSSR count). The SMILES string of the molecule is Cc1nc(NCc2ccc3c(c2)ncn3C)ccc1Br. The molecule has 3 aromatic rings. The van der Waals surface area contributed by atoms with E-state index < -0.39 is 0 Å². The summed E-state index contributed by atoms with van der Waals surface area (Å²) in [4.78, 5) is 8.85. The van der Waals surface area contributed by atoms with Gasteiger partial charge in [-0.15, -0.1) is 0 Å². The molecule has 0 unspecified atom stereocenters. The van der Waals surface area contributed by atoms with E-state index in [1.165, 1.54) is 5.56 Å². The highest BCUT2D eigenvalue weighted by molar-refractivity contribution is 9.10. The van der Waals surface area contributed by atoms with Gasteiger partial charge in [0.1, 0.15) is 5.82 Å². The van der Waals surface area contributed by atoms with E-state index in [9.17, 15) is 0 Å². The molecular formula is C15H15BrN4. The van der Waals surface area contributed by atoms with Crippen molar-refractivity contribution < 1.29 is 0 Å². The Morgan fingerprint density at radius 1 is 1.25 bits per heavy atom. The van der Waals surface area contributed by atoms with Crippen molar-refractivity contribution in [2.45, 2.75) is 13.5 Å². The number of aryl methyl sites for hydroxylation is 2. The number of pyridine rings is 1. The third kappa shape index (κ3) is 2.54. The van der Waals surface area contributed by atoms with Crippen molar-refractivity contribution in [1.82, 2.24) is 14.5 Å². The largest absolute Gasteiger partial charge is 0.366 e. The number of rotatable bonds is 3. The maximum Gasteiger partial charge on any atom is 0.126 e. The van der Waals surface area contributed by atoms with Gasteiger partial charge in [-0.1, -0.05) is 6.07 Å². The number of aromatic nitrogens is 3. The van der Waals surface area contributed by atoms with E-state index in [2.05, 4.69) is 49.4 Å². The predicted molar refractivity (Wildman–Crippen MR) is 84.7 cm³/mol. The molecule has 2 aromatic heterocycles. The van der Waals surface area contributed by atoms with Gasteiger partial charge in [0.2, 0.25) is 0 Å². The highest BCUT2D eigenvalue weighted by Crippen LogP contribution is 2.18. The summed E-state index contributed by atoms with van der Waals surface area (Å²) in [5.74, 6) is 0.881. The van der Waals surface area contributed by atoms with Crippen LogP contribution in [0.4, 0.5) is 5.82 Å². The zero-order chi connectivity index (χ0) is 14.1. The smallest absolute Gasteiger partial charge is 0.126 e. The lowest BCUT2D eigenvalue weighted by atomic mass is 10.2. The molecule has 5 heteroatoms. The van der Waals surface area contributed by atoms with Crippen molar-refractivity contribution in [3.8, 4) is 0 Å². The number of nitrogens with one attached hydrogen (secondary N) is 1. The Hall–Kier alpha value is -1.88. The summed E-state index contributed by atoms with van der Waals surface area (Å²) in [6.07, 6.45) is 1.83. The third-order valence-electron chi connectivity index (χ3n) is 3.28. The average Bonchev–Trinajstić information content (AvgIpc) is 2.81. The van der Waals surface area contributed by atoms with Crippen molar-refractivity contribution in [1.29, 1.82) is 0 Å². The molecule has 0 saturated heterocycles. The number of halogens is 1. The number of imidazole rings is 1. The van der Waals surface area contributed by atoms with Crippen LogP contribution in [0, 0.1) is 6.92 Å². The van der Waals surface area contributed by atoms with Gasteiger partial charge in [-0.25, -0.2) is 9.97 Å². The van der Waals surface area contributed by atoms with Crippen LogP contribution in [0.2, 0.25) is 0 Å². The van der Waals surface area contributed by atoms with E-state index in [1.807, 2.05) is 37.0 Å². The van der Waals surface area contributed by atoms with Gasteiger partial charge < -0.3 is 9.88 Å². The fraction of sp³-hybridized carbons (Fsp3) is 0.200. The average molecular weight is 331 g/mol. The van der Waals surface area contributed by atoms with Crippen molar-refractivity contribution in [2.24, 2.45) is 7.05 Å². The highest BCUT2D eigenvalue weighted by Gasteiger charge is 2.02. The molecule has 0 fully saturated rings. The molecule has 0 aliphatic rings. The van der Waals surface area contributed by atoms with Crippen LogP contribution in [0.5, 0.6) is 0 Å². The normalized spacial score (nSPS) is 10.9. The Balaban J connectivity index is 1.77. The van der Waals surface area contributed by atoms with Crippen molar-refractivity contribution >= 4 is 32.8 Å². The third-order valence-corrected chi connectivity index (χ3v) is 4.12. The Bertz CT molecular complexity index is 764. The number of anilines is 1. The number of hydrogen-bond donors (Lipinski definition) is 1. The van der Waals surface area contributed by atoms with Crippen LogP contribution in [0.1, 0.15) is 11.3 Å². The van der Waals surface area contributed by atoms with Crippen LogP contribution in [-0.4, -0.2) is 14.5 Å². The molecular weight excluding hydrogens is 316 g/mol. The van der Waals surface area contributed by atoms with E-state index in [0.29, 0.717) is 0 Å². The van der Waals surface area contributed by atoms with Gasteiger partial charge in [0.15, 0.2) is 0 Å². The number of fused-ring (bicyclic) bond motifs is 1. The number of hydrogen-bond acceptors (Lipinski definition) is 3. The monoisotopic (exact) mass is 330 g/mol. The van der Waals surface area contributed by atoms with Gasteiger partial charge in [-0.3, -0.25) is 0 Å². The maximum atomic E-state index is 4.48. The summed E-state index contributed by atoms with van der Waals surface area (Å²) in [6.45, 7) is 2.72. The minimum Gasteiger partial charge on any atom is -0.366 e. The second kappa shape index (κ2) is 5.25.